The molecule has 2 aliphatic rings. The summed E-state index contributed by atoms with van der Waals surface area (Å²) in [7, 11) is 0. The Kier molecular flexibility index (Phi) is 4.02. The molecule has 0 bridgehead atoms. The summed E-state index contributed by atoms with van der Waals surface area (Å²) in [5.41, 5.74) is 1.44. The van der Waals surface area contributed by atoms with Crippen LogP contribution in [0.2, 0.25) is 0 Å². The number of aldehydes is 1. The van der Waals surface area contributed by atoms with Crippen LogP contribution in [0.4, 0.5) is 0 Å². The Morgan fingerprint density at radius 1 is 1.43 bits per heavy atom. The van der Waals surface area contributed by atoms with Crippen LogP contribution >= 0.6 is 11.8 Å². The van der Waals surface area contributed by atoms with Crippen LogP contribution in [0.5, 0.6) is 0 Å². The van der Waals surface area contributed by atoms with Crippen molar-refractivity contribution in [2.75, 3.05) is 5.75 Å². The van der Waals surface area contributed by atoms with Crippen molar-refractivity contribution in [1.82, 2.24) is 4.90 Å². The van der Waals surface area contributed by atoms with E-state index in [0.717, 1.165) is 5.57 Å². The summed E-state index contributed by atoms with van der Waals surface area (Å²) in [5, 5.41) is -0.256. The number of rotatable bonds is 2. The smallest absolute Gasteiger partial charge is 0.355 e. The fourth-order valence-electron chi connectivity index (χ4n) is 2.29. The van der Waals surface area contributed by atoms with E-state index in [9.17, 15) is 14.4 Å². The van der Waals surface area contributed by atoms with Crippen LogP contribution < -0.4 is 0 Å². The Hall–Kier alpha value is -1.56. The van der Waals surface area contributed by atoms with Gasteiger partial charge in [0.2, 0.25) is 0 Å². The molecule has 0 unspecified atom stereocenters. The molecule has 0 aromatic rings. The lowest BCUT2D eigenvalue weighted by molar-refractivity contribution is -0.155. The Labute approximate surface area is 128 Å². The first kappa shape index (κ1) is 15.8. The van der Waals surface area contributed by atoms with Gasteiger partial charge < -0.3 is 4.74 Å². The molecule has 0 aromatic heterocycles. The Balaban J connectivity index is 2.34. The van der Waals surface area contributed by atoms with E-state index in [0.29, 0.717) is 28.9 Å². The molecule has 0 spiro atoms. The Bertz CT molecular complexity index is 583. The van der Waals surface area contributed by atoms with Crippen LogP contribution in [0.15, 0.2) is 22.4 Å². The third kappa shape index (κ3) is 2.77. The first-order valence-electron chi connectivity index (χ1n) is 6.71. The third-order valence-corrected chi connectivity index (χ3v) is 4.59. The van der Waals surface area contributed by atoms with Crippen LogP contribution in [-0.4, -0.2) is 39.8 Å². The number of fused-ring (bicyclic) bond motifs is 1. The number of β-lactam (4-membered cyclic amide) rings is 1. The summed E-state index contributed by atoms with van der Waals surface area (Å²) >= 11 is 1.54. The maximum atomic E-state index is 12.3. The second kappa shape index (κ2) is 5.33. The van der Waals surface area contributed by atoms with Gasteiger partial charge in [0.15, 0.2) is 0 Å². The van der Waals surface area contributed by atoms with Gasteiger partial charge in [-0.15, -0.1) is 11.8 Å². The van der Waals surface area contributed by atoms with Gasteiger partial charge in [-0.25, -0.2) is 4.79 Å². The minimum absolute atomic E-state index is 0.256. The molecule has 0 aromatic carbocycles. The van der Waals surface area contributed by atoms with E-state index < -0.39 is 11.6 Å². The molecule has 2 rings (SSSR count). The lowest BCUT2D eigenvalue weighted by Crippen LogP contribution is -2.57. The number of nitrogens with zero attached hydrogens (tertiary/aromatic N) is 1. The molecule has 1 amide bonds. The van der Waals surface area contributed by atoms with Crippen molar-refractivity contribution in [3.05, 3.63) is 22.4 Å². The van der Waals surface area contributed by atoms with Crippen molar-refractivity contribution in [3.8, 4) is 0 Å². The van der Waals surface area contributed by atoms with E-state index in [1.54, 1.807) is 27.7 Å². The monoisotopic (exact) mass is 309 g/mol. The van der Waals surface area contributed by atoms with Gasteiger partial charge in [-0.3, -0.25) is 14.5 Å². The van der Waals surface area contributed by atoms with Gasteiger partial charge in [0.25, 0.3) is 5.91 Å². The van der Waals surface area contributed by atoms with Crippen molar-refractivity contribution >= 4 is 29.9 Å². The van der Waals surface area contributed by atoms with E-state index in [1.165, 1.54) is 16.7 Å². The largest absolute Gasteiger partial charge is 0.455 e. The highest BCUT2D eigenvalue weighted by Crippen LogP contribution is 2.44. The first-order chi connectivity index (χ1) is 9.67. The summed E-state index contributed by atoms with van der Waals surface area (Å²) < 4.78 is 5.39. The zero-order chi connectivity index (χ0) is 15.9. The van der Waals surface area contributed by atoms with Crippen molar-refractivity contribution in [3.63, 3.8) is 0 Å². The molecule has 2 aliphatic heterocycles. The summed E-state index contributed by atoms with van der Waals surface area (Å²) in [5.74, 6) is -0.128. The first-order valence-corrected chi connectivity index (χ1v) is 7.76. The number of thioether (sulfide) groups is 1. The van der Waals surface area contributed by atoms with Gasteiger partial charge in [-0.1, -0.05) is 0 Å². The zero-order valence-corrected chi connectivity index (χ0v) is 13.7. The zero-order valence-electron chi connectivity index (χ0n) is 12.9. The van der Waals surface area contributed by atoms with Gasteiger partial charge in [0, 0.05) is 11.3 Å². The predicted molar refractivity (Wildman–Crippen MR) is 80.4 cm³/mol. The molecular formula is C15H19NO4S. The molecule has 0 N–H and O–H groups in total. The van der Waals surface area contributed by atoms with Gasteiger partial charge in [0.05, 0.1) is 5.57 Å². The molecular weight excluding hydrogens is 290 g/mol. The lowest BCUT2D eigenvalue weighted by atomic mass is 9.98. The number of amides is 1. The van der Waals surface area contributed by atoms with E-state index >= 15 is 0 Å². The van der Waals surface area contributed by atoms with Crippen LogP contribution in [0.1, 0.15) is 34.6 Å². The fraction of sp³-hybridized carbons (Fsp3) is 0.533. The molecule has 1 fully saturated rings. The van der Waals surface area contributed by atoms with E-state index in [2.05, 4.69) is 0 Å². The number of carbonyl (C=O) groups excluding carboxylic acids is 3. The van der Waals surface area contributed by atoms with Gasteiger partial charge in [-0.2, -0.15) is 0 Å². The minimum Gasteiger partial charge on any atom is -0.455 e. The molecule has 0 aliphatic carbocycles. The van der Waals surface area contributed by atoms with Crippen LogP contribution in [0.25, 0.3) is 0 Å². The summed E-state index contributed by atoms with van der Waals surface area (Å²) in [6.45, 7) is 8.81. The van der Waals surface area contributed by atoms with Crippen molar-refractivity contribution in [1.29, 1.82) is 0 Å². The molecule has 0 radical (unpaired) electrons. The van der Waals surface area contributed by atoms with E-state index in [4.69, 9.17) is 4.74 Å². The van der Waals surface area contributed by atoms with Crippen LogP contribution in [0.3, 0.4) is 0 Å². The average Bonchev–Trinajstić information content (AvgIpc) is 2.36. The van der Waals surface area contributed by atoms with Crippen LogP contribution in [0, 0.1) is 0 Å². The predicted octanol–water partition coefficient (Wildman–Crippen LogP) is 2.03. The number of allylic oxidation sites excluding steroid dienone is 1. The average molecular weight is 309 g/mol. The lowest BCUT2D eigenvalue weighted by Gasteiger charge is -2.46. The molecule has 5 nitrogen and oxygen atoms in total. The normalized spacial score (nSPS) is 24.3. The van der Waals surface area contributed by atoms with Crippen molar-refractivity contribution < 1.29 is 19.1 Å². The number of carbonyl (C=O) groups is 3. The fourth-order valence-corrected chi connectivity index (χ4v) is 3.63. The van der Waals surface area contributed by atoms with Crippen LogP contribution in [-0.2, 0) is 19.1 Å². The molecule has 0 saturated carbocycles. The van der Waals surface area contributed by atoms with Crippen molar-refractivity contribution in [2.45, 2.75) is 45.6 Å². The summed E-state index contributed by atoms with van der Waals surface area (Å²) in [6.07, 6.45) is 0.684. The second-order valence-corrected chi connectivity index (χ2v) is 7.25. The van der Waals surface area contributed by atoms with Gasteiger partial charge >= 0.3 is 5.97 Å². The Morgan fingerprint density at radius 3 is 2.57 bits per heavy atom. The standard InChI is InChI=1S/C15H19NO4S/c1-8(6-17)10-12(18)16-11(9(2)7-21-13(10)16)14(19)20-15(3,4)5/h6,13H,7H2,1-5H3/b10-8+/t13-/m1/s1. The molecule has 1 atom stereocenters. The van der Waals surface area contributed by atoms with Crippen molar-refractivity contribution in [2.24, 2.45) is 0 Å². The van der Waals surface area contributed by atoms with E-state index in [1.807, 2.05) is 6.92 Å². The maximum Gasteiger partial charge on any atom is 0.355 e. The number of hydrogen-bond donors (Lipinski definition) is 0. The molecule has 21 heavy (non-hydrogen) atoms. The molecule has 1 saturated heterocycles. The minimum atomic E-state index is -0.615. The number of ether oxygens (including phenoxy) is 1. The Morgan fingerprint density at radius 2 is 2.05 bits per heavy atom. The quantitative estimate of drug-likeness (QED) is 0.338. The number of esters is 1. The topological polar surface area (TPSA) is 63.7 Å². The van der Waals surface area contributed by atoms with Gasteiger partial charge in [-0.05, 0) is 40.2 Å². The molecule has 2 heterocycles. The second-order valence-electron chi connectivity index (χ2n) is 6.18. The SMILES string of the molecule is CC1=C(C(=O)OC(C)(C)C)N2C(=O)/C(=C(/C)C=O)[C@H]2SC1. The van der Waals surface area contributed by atoms with E-state index in [-0.39, 0.29) is 11.3 Å². The summed E-state index contributed by atoms with van der Waals surface area (Å²) in [6, 6.07) is 0. The summed E-state index contributed by atoms with van der Waals surface area (Å²) in [4.78, 5) is 36.9. The molecule has 114 valence electrons. The molecule has 6 heteroatoms. The number of hydrogen-bond acceptors (Lipinski definition) is 5. The highest BCUT2D eigenvalue weighted by molar-refractivity contribution is 8.00. The highest BCUT2D eigenvalue weighted by atomic mass is 32.2. The maximum absolute atomic E-state index is 12.3. The highest BCUT2D eigenvalue weighted by Gasteiger charge is 2.50. The third-order valence-electron chi connectivity index (χ3n) is 3.23. The van der Waals surface area contributed by atoms with Gasteiger partial charge in [0.1, 0.15) is 23.0 Å².